The summed E-state index contributed by atoms with van der Waals surface area (Å²) in [5.74, 6) is 0.672. The van der Waals surface area contributed by atoms with Gasteiger partial charge in [-0.3, -0.25) is 14.8 Å². The Morgan fingerprint density at radius 1 is 1.04 bits per heavy atom. The highest BCUT2D eigenvalue weighted by Gasteiger charge is 2.17. The molecule has 0 unspecified atom stereocenters. The second kappa shape index (κ2) is 7.23. The van der Waals surface area contributed by atoms with Crippen molar-refractivity contribution in [2.24, 2.45) is 0 Å². The van der Waals surface area contributed by atoms with Gasteiger partial charge in [-0.15, -0.1) is 10.2 Å². The lowest BCUT2D eigenvalue weighted by Crippen LogP contribution is -2.24. The zero-order valence-corrected chi connectivity index (χ0v) is 15.1. The number of nitrogens with one attached hydrogen (secondary N) is 2. The van der Waals surface area contributed by atoms with Crippen LogP contribution in [0.15, 0.2) is 70.9 Å². The van der Waals surface area contributed by atoms with E-state index in [0.717, 1.165) is 22.8 Å². The summed E-state index contributed by atoms with van der Waals surface area (Å²) in [5, 5.41) is 11.9. The minimum atomic E-state index is -0.0526. The van der Waals surface area contributed by atoms with Crippen LogP contribution in [-0.4, -0.2) is 20.7 Å². The minimum Gasteiger partial charge on any atom is -0.302 e. The molecule has 26 heavy (non-hydrogen) atoms. The van der Waals surface area contributed by atoms with Gasteiger partial charge in [0.25, 0.3) is 0 Å². The van der Waals surface area contributed by atoms with E-state index in [9.17, 15) is 4.79 Å². The van der Waals surface area contributed by atoms with Crippen LogP contribution >= 0.6 is 23.4 Å². The van der Waals surface area contributed by atoms with E-state index in [0.29, 0.717) is 16.6 Å². The van der Waals surface area contributed by atoms with E-state index >= 15 is 0 Å². The molecule has 1 fully saturated rings. The Labute approximate surface area is 159 Å². The Hall–Kier alpha value is -2.77. The summed E-state index contributed by atoms with van der Waals surface area (Å²) in [4.78, 5) is 11.3. The number of hydrazine groups is 1. The first-order valence-electron chi connectivity index (χ1n) is 7.88. The third-order valence-electron chi connectivity index (χ3n) is 3.77. The van der Waals surface area contributed by atoms with Crippen molar-refractivity contribution in [2.75, 3.05) is 0 Å². The Bertz CT molecular complexity index is 969. The third-order valence-corrected chi connectivity index (χ3v) is 4.90. The maximum atomic E-state index is 11.3. The average molecular weight is 384 g/mol. The topological polar surface area (TPSA) is 71.8 Å². The number of carbonyl (C=O) groups is 1. The quantitative estimate of drug-likeness (QED) is 0.674. The molecule has 2 heterocycles. The molecule has 3 aromatic rings. The van der Waals surface area contributed by atoms with E-state index in [4.69, 9.17) is 11.6 Å². The van der Waals surface area contributed by atoms with Gasteiger partial charge in [0, 0.05) is 27.4 Å². The number of thioether (sulfide) groups is 1. The smallest absolute Gasteiger partial charge is 0.244 e. The van der Waals surface area contributed by atoms with Crippen LogP contribution in [0.4, 0.5) is 0 Å². The van der Waals surface area contributed by atoms with Crippen molar-refractivity contribution in [3.8, 4) is 17.1 Å². The molecule has 0 atom stereocenters. The normalized spacial score (nSPS) is 15.1. The molecule has 0 radical (unpaired) electrons. The van der Waals surface area contributed by atoms with Crippen LogP contribution in [0, 0.1) is 0 Å². The fourth-order valence-corrected chi connectivity index (χ4v) is 3.45. The number of aromatic nitrogens is 3. The highest BCUT2D eigenvalue weighted by Crippen LogP contribution is 2.29. The van der Waals surface area contributed by atoms with Crippen LogP contribution in [0.25, 0.3) is 17.1 Å². The number of carbonyl (C=O) groups excluding carboxylic acids is 1. The van der Waals surface area contributed by atoms with E-state index in [1.807, 2.05) is 64.6 Å². The molecular formula is C18H14ClN5OS. The van der Waals surface area contributed by atoms with Crippen molar-refractivity contribution < 1.29 is 4.79 Å². The monoisotopic (exact) mass is 383 g/mol. The summed E-state index contributed by atoms with van der Waals surface area (Å²) in [6, 6.07) is 17.4. The van der Waals surface area contributed by atoms with Gasteiger partial charge in [0.1, 0.15) is 0 Å². The van der Waals surface area contributed by atoms with E-state index in [-0.39, 0.29) is 5.91 Å². The van der Waals surface area contributed by atoms with Crippen molar-refractivity contribution in [3.63, 3.8) is 0 Å². The lowest BCUT2D eigenvalue weighted by Gasteiger charge is -2.09. The van der Waals surface area contributed by atoms with Crippen LogP contribution < -0.4 is 10.9 Å². The Balaban J connectivity index is 1.74. The second-order valence-electron chi connectivity index (χ2n) is 5.59. The Kier molecular flexibility index (Phi) is 4.64. The lowest BCUT2D eigenvalue weighted by atomic mass is 10.2. The van der Waals surface area contributed by atoms with Crippen LogP contribution in [0.3, 0.4) is 0 Å². The molecule has 0 saturated carbocycles. The standard InChI is InChI=1S/C18H14ClN5OS/c19-13-8-6-12(7-9-13)17-22-23-18(24(17)15-4-2-1-3-5-15)26-11-14-10-16(25)21-20-14/h1-9,11,20H,10H2,(H,21,25). The molecule has 2 aromatic carbocycles. The molecule has 1 aromatic heterocycles. The number of amides is 1. The SMILES string of the molecule is O=C1CC(=CSc2nnc(-c3ccc(Cl)cc3)n2-c2ccccc2)NN1. The van der Waals surface area contributed by atoms with E-state index < -0.39 is 0 Å². The fourth-order valence-electron chi connectivity index (χ4n) is 2.55. The first kappa shape index (κ1) is 16.7. The van der Waals surface area contributed by atoms with Crippen molar-refractivity contribution in [2.45, 2.75) is 11.6 Å². The van der Waals surface area contributed by atoms with Crippen LogP contribution in [-0.2, 0) is 4.79 Å². The molecule has 2 N–H and O–H groups in total. The maximum Gasteiger partial charge on any atom is 0.244 e. The number of hydrogen-bond acceptors (Lipinski definition) is 5. The summed E-state index contributed by atoms with van der Waals surface area (Å²) in [6.45, 7) is 0. The van der Waals surface area contributed by atoms with Gasteiger partial charge in [-0.05, 0) is 36.4 Å². The molecule has 1 aliphatic heterocycles. The number of para-hydroxylation sites is 1. The van der Waals surface area contributed by atoms with E-state index in [2.05, 4.69) is 21.0 Å². The van der Waals surface area contributed by atoms with Crippen LogP contribution in [0.5, 0.6) is 0 Å². The number of halogens is 1. The van der Waals surface area contributed by atoms with Gasteiger partial charge in [0.05, 0.1) is 6.42 Å². The molecule has 8 heteroatoms. The lowest BCUT2D eigenvalue weighted by molar-refractivity contribution is -0.119. The Morgan fingerprint density at radius 2 is 1.81 bits per heavy atom. The van der Waals surface area contributed by atoms with Gasteiger partial charge in [-0.25, -0.2) is 0 Å². The second-order valence-corrected chi connectivity index (χ2v) is 6.87. The number of hydrogen-bond donors (Lipinski definition) is 2. The first-order valence-corrected chi connectivity index (χ1v) is 9.14. The first-order chi connectivity index (χ1) is 12.7. The van der Waals surface area contributed by atoms with Gasteiger partial charge in [-0.1, -0.05) is 41.6 Å². The van der Waals surface area contributed by atoms with Crippen molar-refractivity contribution >= 4 is 29.3 Å². The Morgan fingerprint density at radius 3 is 2.50 bits per heavy atom. The molecule has 130 valence electrons. The van der Waals surface area contributed by atoms with E-state index in [1.54, 1.807) is 0 Å². The molecular weight excluding hydrogens is 370 g/mol. The van der Waals surface area contributed by atoms with Gasteiger partial charge in [-0.2, -0.15) is 0 Å². The number of rotatable bonds is 4. The molecule has 4 rings (SSSR count). The van der Waals surface area contributed by atoms with Crippen LogP contribution in [0.2, 0.25) is 5.02 Å². The van der Waals surface area contributed by atoms with E-state index in [1.165, 1.54) is 11.8 Å². The summed E-state index contributed by atoms with van der Waals surface area (Å²) in [7, 11) is 0. The molecule has 6 nitrogen and oxygen atoms in total. The molecule has 0 aliphatic carbocycles. The zero-order chi connectivity index (χ0) is 17.9. The predicted octanol–water partition coefficient (Wildman–Crippen LogP) is 3.55. The fraction of sp³-hybridized carbons (Fsp3) is 0.0556. The molecule has 1 aliphatic rings. The van der Waals surface area contributed by atoms with Gasteiger partial charge in [0.15, 0.2) is 11.0 Å². The largest absolute Gasteiger partial charge is 0.302 e. The summed E-state index contributed by atoms with van der Waals surface area (Å²) >= 11 is 7.41. The minimum absolute atomic E-state index is 0.0526. The number of nitrogens with zero attached hydrogens (tertiary/aromatic N) is 3. The predicted molar refractivity (Wildman–Crippen MR) is 102 cm³/mol. The van der Waals surface area contributed by atoms with Gasteiger partial charge >= 0.3 is 0 Å². The molecule has 1 amide bonds. The zero-order valence-electron chi connectivity index (χ0n) is 13.5. The van der Waals surface area contributed by atoms with Crippen LogP contribution in [0.1, 0.15) is 6.42 Å². The highest BCUT2D eigenvalue weighted by molar-refractivity contribution is 8.02. The summed E-state index contributed by atoms with van der Waals surface area (Å²) < 4.78 is 1.98. The number of benzene rings is 2. The van der Waals surface area contributed by atoms with Gasteiger partial charge in [0.2, 0.25) is 5.91 Å². The summed E-state index contributed by atoms with van der Waals surface area (Å²) in [6.07, 6.45) is 0.330. The van der Waals surface area contributed by atoms with Gasteiger partial charge < -0.3 is 5.43 Å². The molecule has 0 spiro atoms. The molecule has 1 saturated heterocycles. The maximum absolute atomic E-state index is 11.3. The summed E-state index contributed by atoms with van der Waals surface area (Å²) in [5.41, 5.74) is 8.09. The molecule has 0 bridgehead atoms. The highest BCUT2D eigenvalue weighted by atomic mass is 35.5. The van der Waals surface area contributed by atoms with Crippen molar-refractivity contribution in [1.82, 2.24) is 25.6 Å². The average Bonchev–Trinajstić information content (AvgIpc) is 3.27. The third kappa shape index (κ3) is 3.44. The van der Waals surface area contributed by atoms with Crippen molar-refractivity contribution in [3.05, 3.63) is 70.7 Å². The van der Waals surface area contributed by atoms with Crippen molar-refractivity contribution in [1.29, 1.82) is 0 Å².